The summed E-state index contributed by atoms with van der Waals surface area (Å²) in [6.07, 6.45) is 0. The summed E-state index contributed by atoms with van der Waals surface area (Å²) >= 11 is 0. The molecular formula is C25H23N3O4. The minimum Gasteiger partial charge on any atom is -0.350 e. The zero-order valence-corrected chi connectivity index (χ0v) is 17.6. The Morgan fingerprint density at radius 1 is 0.625 bits per heavy atom. The van der Waals surface area contributed by atoms with Crippen molar-refractivity contribution in [2.45, 2.75) is 6.92 Å². The number of hydrogen-bond acceptors (Lipinski definition) is 4. The number of nitrogens with one attached hydrogen (secondary N) is 3. The molecule has 0 radical (unpaired) electrons. The summed E-state index contributed by atoms with van der Waals surface area (Å²) in [6, 6.07) is 21.9. The number of rotatable bonds is 8. The van der Waals surface area contributed by atoms with Gasteiger partial charge in [0.05, 0.1) is 5.56 Å². The molecule has 0 aliphatic heterocycles. The summed E-state index contributed by atoms with van der Waals surface area (Å²) in [5.74, 6) is -1.11. The second-order valence-corrected chi connectivity index (χ2v) is 7.01. The highest BCUT2D eigenvalue weighted by Crippen LogP contribution is 2.15. The van der Waals surface area contributed by atoms with E-state index in [4.69, 9.17) is 0 Å². The van der Waals surface area contributed by atoms with Gasteiger partial charge < -0.3 is 16.0 Å². The van der Waals surface area contributed by atoms with Crippen LogP contribution in [0, 0.1) is 0 Å². The Bertz CT molecular complexity index is 1130. The van der Waals surface area contributed by atoms with Crippen LogP contribution in [0.4, 0.5) is 5.69 Å². The highest BCUT2D eigenvalue weighted by molar-refractivity contribution is 6.15. The van der Waals surface area contributed by atoms with Gasteiger partial charge in [-0.1, -0.05) is 48.5 Å². The van der Waals surface area contributed by atoms with Gasteiger partial charge in [-0.3, -0.25) is 19.2 Å². The second-order valence-electron chi connectivity index (χ2n) is 7.01. The fourth-order valence-corrected chi connectivity index (χ4v) is 3.08. The van der Waals surface area contributed by atoms with Crippen molar-refractivity contribution in [1.82, 2.24) is 10.6 Å². The summed E-state index contributed by atoms with van der Waals surface area (Å²) in [6.45, 7) is 1.82. The third-order valence-corrected chi connectivity index (χ3v) is 4.62. The lowest BCUT2D eigenvalue weighted by molar-refractivity contribution is -0.114. The summed E-state index contributed by atoms with van der Waals surface area (Å²) in [5, 5.41) is 8.08. The van der Waals surface area contributed by atoms with Crippen molar-refractivity contribution in [3.05, 3.63) is 101 Å². The van der Waals surface area contributed by atoms with Crippen molar-refractivity contribution in [1.29, 1.82) is 0 Å². The van der Waals surface area contributed by atoms with Crippen LogP contribution in [-0.2, 0) is 4.79 Å². The molecular weight excluding hydrogens is 406 g/mol. The first-order valence-electron chi connectivity index (χ1n) is 10.1. The van der Waals surface area contributed by atoms with Crippen molar-refractivity contribution >= 4 is 29.2 Å². The van der Waals surface area contributed by atoms with Crippen LogP contribution in [0.25, 0.3) is 0 Å². The zero-order chi connectivity index (χ0) is 22.9. The molecule has 162 valence electrons. The van der Waals surface area contributed by atoms with Gasteiger partial charge in [-0.05, 0) is 30.3 Å². The molecule has 0 aliphatic carbocycles. The maximum absolute atomic E-state index is 12.8. The third-order valence-electron chi connectivity index (χ3n) is 4.62. The SMILES string of the molecule is CC(=O)Nc1ccc(C(=O)NCCNC(=O)c2ccccc2C(=O)c2ccccc2)cc1. The fourth-order valence-electron chi connectivity index (χ4n) is 3.08. The Morgan fingerprint density at radius 3 is 1.81 bits per heavy atom. The Balaban J connectivity index is 1.54. The summed E-state index contributed by atoms with van der Waals surface area (Å²) in [5.41, 5.74) is 2.14. The standard InChI is InChI=1S/C25H23N3O4/c1-17(29)28-20-13-11-19(12-14-20)24(31)26-15-16-27-25(32)22-10-6-5-9-21(22)23(30)18-7-3-2-4-8-18/h2-14H,15-16H2,1H3,(H,26,31)(H,27,32)(H,28,29). The molecule has 0 bridgehead atoms. The molecule has 0 fully saturated rings. The van der Waals surface area contributed by atoms with E-state index in [9.17, 15) is 19.2 Å². The number of benzene rings is 3. The lowest BCUT2D eigenvalue weighted by Crippen LogP contribution is -2.35. The Hall–Kier alpha value is -4.26. The first-order chi connectivity index (χ1) is 15.5. The van der Waals surface area contributed by atoms with E-state index in [0.29, 0.717) is 22.4 Å². The van der Waals surface area contributed by atoms with Crippen molar-refractivity contribution < 1.29 is 19.2 Å². The van der Waals surface area contributed by atoms with Gasteiger partial charge in [-0.15, -0.1) is 0 Å². The Morgan fingerprint density at radius 2 is 1.19 bits per heavy atom. The van der Waals surface area contributed by atoms with Gasteiger partial charge in [0.2, 0.25) is 5.91 Å². The lowest BCUT2D eigenvalue weighted by Gasteiger charge is -2.11. The average molecular weight is 429 g/mol. The van der Waals surface area contributed by atoms with Crippen LogP contribution in [0.15, 0.2) is 78.9 Å². The van der Waals surface area contributed by atoms with Gasteiger partial charge in [-0.25, -0.2) is 0 Å². The van der Waals surface area contributed by atoms with Crippen molar-refractivity contribution in [2.24, 2.45) is 0 Å². The van der Waals surface area contributed by atoms with Crippen LogP contribution in [0.3, 0.4) is 0 Å². The quantitative estimate of drug-likeness (QED) is 0.378. The molecule has 3 amide bonds. The molecule has 32 heavy (non-hydrogen) atoms. The van der Waals surface area contributed by atoms with E-state index >= 15 is 0 Å². The van der Waals surface area contributed by atoms with E-state index < -0.39 is 5.91 Å². The summed E-state index contributed by atoms with van der Waals surface area (Å²) in [7, 11) is 0. The molecule has 3 rings (SSSR count). The van der Waals surface area contributed by atoms with Crippen LogP contribution in [0.1, 0.15) is 43.6 Å². The zero-order valence-electron chi connectivity index (χ0n) is 17.6. The van der Waals surface area contributed by atoms with Gasteiger partial charge in [-0.2, -0.15) is 0 Å². The van der Waals surface area contributed by atoms with Crippen LogP contribution in [0.5, 0.6) is 0 Å². The number of carbonyl (C=O) groups excluding carboxylic acids is 4. The Labute approximate surface area is 185 Å². The first kappa shape index (κ1) is 22.4. The van der Waals surface area contributed by atoms with Crippen molar-refractivity contribution in [3.8, 4) is 0 Å². The summed E-state index contributed by atoms with van der Waals surface area (Å²) < 4.78 is 0. The maximum atomic E-state index is 12.8. The number of amides is 3. The topological polar surface area (TPSA) is 104 Å². The molecule has 0 saturated heterocycles. The van der Waals surface area contributed by atoms with Gasteiger partial charge in [0.15, 0.2) is 5.78 Å². The molecule has 7 heteroatoms. The third kappa shape index (κ3) is 5.89. The number of anilines is 1. The smallest absolute Gasteiger partial charge is 0.252 e. The van der Waals surface area contributed by atoms with Crippen LogP contribution < -0.4 is 16.0 Å². The number of carbonyl (C=O) groups is 4. The Kier molecular flexibility index (Phi) is 7.48. The van der Waals surface area contributed by atoms with Crippen LogP contribution >= 0.6 is 0 Å². The minimum atomic E-state index is -0.390. The molecule has 3 N–H and O–H groups in total. The normalized spacial score (nSPS) is 10.2. The molecule has 0 aliphatic rings. The van der Waals surface area contributed by atoms with Gasteiger partial charge in [0.1, 0.15) is 0 Å². The second kappa shape index (κ2) is 10.7. The number of ketones is 1. The van der Waals surface area contributed by atoms with Gasteiger partial charge in [0, 0.05) is 42.4 Å². The van der Waals surface area contributed by atoms with E-state index in [1.807, 2.05) is 6.07 Å². The van der Waals surface area contributed by atoms with E-state index in [1.165, 1.54) is 6.92 Å². The average Bonchev–Trinajstić information content (AvgIpc) is 2.81. The first-order valence-corrected chi connectivity index (χ1v) is 10.1. The van der Waals surface area contributed by atoms with Crippen LogP contribution in [-0.4, -0.2) is 36.6 Å². The molecule has 0 spiro atoms. The molecule has 0 atom stereocenters. The largest absolute Gasteiger partial charge is 0.350 e. The van der Waals surface area contributed by atoms with E-state index in [0.717, 1.165) is 0 Å². The number of hydrogen-bond donors (Lipinski definition) is 3. The lowest BCUT2D eigenvalue weighted by atomic mass is 9.98. The van der Waals surface area contributed by atoms with E-state index in [2.05, 4.69) is 16.0 Å². The van der Waals surface area contributed by atoms with Gasteiger partial charge in [0.25, 0.3) is 11.8 Å². The molecule has 0 unspecified atom stereocenters. The van der Waals surface area contributed by atoms with E-state index in [-0.39, 0.29) is 36.3 Å². The highest BCUT2D eigenvalue weighted by Gasteiger charge is 2.17. The molecule has 0 heterocycles. The van der Waals surface area contributed by atoms with Crippen molar-refractivity contribution in [3.63, 3.8) is 0 Å². The molecule has 0 saturated carbocycles. The summed E-state index contributed by atoms with van der Waals surface area (Å²) in [4.78, 5) is 48.7. The molecule has 0 aromatic heterocycles. The van der Waals surface area contributed by atoms with Crippen LogP contribution in [0.2, 0.25) is 0 Å². The minimum absolute atomic E-state index is 0.190. The molecule has 7 nitrogen and oxygen atoms in total. The monoisotopic (exact) mass is 429 g/mol. The van der Waals surface area contributed by atoms with Gasteiger partial charge >= 0.3 is 0 Å². The highest BCUT2D eigenvalue weighted by atomic mass is 16.2. The predicted octanol–water partition coefficient (Wildman–Crippen LogP) is 3.04. The fraction of sp³-hybridized carbons (Fsp3) is 0.120. The van der Waals surface area contributed by atoms with Crippen molar-refractivity contribution in [2.75, 3.05) is 18.4 Å². The molecule has 3 aromatic rings. The maximum Gasteiger partial charge on any atom is 0.252 e. The molecule has 3 aromatic carbocycles. The predicted molar refractivity (Wildman–Crippen MR) is 122 cm³/mol. The van der Waals surface area contributed by atoms with E-state index in [1.54, 1.807) is 72.8 Å².